The number of carbonyl (C=O) groups is 2. The van der Waals surface area contributed by atoms with Crippen molar-refractivity contribution in [2.24, 2.45) is 0 Å². The summed E-state index contributed by atoms with van der Waals surface area (Å²) >= 11 is 0. The highest BCUT2D eigenvalue weighted by molar-refractivity contribution is 6.46. The number of unbranched alkanes of at least 4 members (excludes halogenated alkanes) is 2. The predicted octanol–water partition coefficient (Wildman–Crippen LogP) is 4.42. The van der Waals surface area contributed by atoms with Crippen molar-refractivity contribution in [2.75, 3.05) is 59.7 Å². The van der Waals surface area contributed by atoms with Crippen molar-refractivity contribution < 1.29 is 33.6 Å². The van der Waals surface area contributed by atoms with Crippen molar-refractivity contribution in [3.05, 3.63) is 59.2 Å². The Morgan fingerprint density at radius 1 is 0.975 bits per heavy atom. The molecular weight excluding hydrogens is 512 g/mol. The minimum Gasteiger partial charge on any atom is -0.507 e. The maximum Gasteiger partial charge on any atom is 0.295 e. The molecule has 4 rings (SSSR count). The Morgan fingerprint density at radius 2 is 1.73 bits per heavy atom. The summed E-state index contributed by atoms with van der Waals surface area (Å²) in [5, 5.41) is 11.4. The van der Waals surface area contributed by atoms with Crippen LogP contribution in [0.3, 0.4) is 0 Å². The summed E-state index contributed by atoms with van der Waals surface area (Å²) < 4.78 is 22.6. The fourth-order valence-corrected chi connectivity index (χ4v) is 5.07. The van der Waals surface area contributed by atoms with Crippen LogP contribution in [0.4, 0.5) is 0 Å². The molecule has 0 radical (unpaired) electrons. The molecule has 216 valence electrons. The molecule has 1 amide bonds. The largest absolute Gasteiger partial charge is 0.507 e. The fourth-order valence-electron chi connectivity index (χ4n) is 5.07. The molecule has 0 saturated carbocycles. The Balaban J connectivity index is 1.70. The van der Waals surface area contributed by atoms with Gasteiger partial charge in [-0.15, -0.1) is 0 Å². The zero-order valence-corrected chi connectivity index (χ0v) is 23.7. The van der Waals surface area contributed by atoms with Gasteiger partial charge in [0.15, 0.2) is 11.5 Å². The van der Waals surface area contributed by atoms with E-state index in [-0.39, 0.29) is 11.3 Å². The van der Waals surface area contributed by atoms with Crippen LogP contribution in [-0.4, -0.2) is 86.3 Å². The molecule has 9 nitrogen and oxygen atoms in total. The molecule has 2 aromatic carbocycles. The van der Waals surface area contributed by atoms with Gasteiger partial charge in [-0.05, 0) is 55.3 Å². The summed E-state index contributed by atoms with van der Waals surface area (Å²) in [6.07, 6.45) is 3.10. The maximum absolute atomic E-state index is 13.4. The Kier molecular flexibility index (Phi) is 10.4. The topological polar surface area (TPSA) is 97.8 Å². The van der Waals surface area contributed by atoms with Gasteiger partial charge in [-0.25, -0.2) is 0 Å². The maximum atomic E-state index is 13.4. The van der Waals surface area contributed by atoms with E-state index in [1.807, 2.05) is 13.0 Å². The number of aliphatic hydroxyl groups is 1. The first kappa shape index (κ1) is 29.4. The standard InChI is InChI=1S/C31H40N2O7/c1-4-6-7-18-40-25-13-10-23(21-26(25)37-3)28-27(29(34)22-8-11-24(12-9-22)39-5-2)30(35)31(36)33(28)15-14-32-16-19-38-20-17-32/h8-13,21,28,34H,4-7,14-20H2,1-3H3. The number of nitrogens with zero attached hydrogens (tertiary/aromatic N) is 2. The number of ketones is 1. The molecule has 2 fully saturated rings. The van der Waals surface area contributed by atoms with Crippen molar-refractivity contribution >= 4 is 17.4 Å². The van der Waals surface area contributed by atoms with Gasteiger partial charge < -0.3 is 29.0 Å². The molecule has 2 aliphatic heterocycles. The first-order valence-electron chi connectivity index (χ1n) is 14.1. The van der Waals surface area contributed by atoms with Crippen molar-refractivity contribution in [3.63, 3.8) is 0 Å². The van der Waals surface area contributed by atoms with Gasteiger partial charge in [0.05, 0.1) is 45.2 Å². The molecule has 2 aromatic rings. The fraction of sp³-hybridized carbons (Fsp3) is 0.484. The van der Waals surface area contributed by atoms with E-state index in [0.717, 1.165) is 32.4 Å². The summed E-state index contributed by atoms with van der Waals surface area (Å²) in [7, 11) is 1.56. The van der Waals surface area contributed by atoms with Gasteiger partial charge in [0.2, 0.25) is 0 Å². The van der Waals surface area contributed by atoms with Crippen LogP contribution in [0.25, 0.3) is 5.76 Å². The number of hydrogen-bond donors (Lipinski definition) is 1. The van der Waals surface area contributed by atoms with E-state index >= 15 is 0 Å². The molecule has 9 heteroatoms. The minimum atomic E-state index is -0.782. The number of morpholine rings is 1. The molecule has 1 unspecified atom stereocenters. The van der Waals surface area contributed by atoms with E-state index in [9.17, 15) is 14.7 Å². The number of benzene rings is 2. The number of Topliss-reactive ketones (excluding diaryl/α,β-unsaturated/α-hetero) is 1. The Bertz CT molecular complexity index is 1190. The van der Waals surface area contributed by atoms with Gasteiger partial charge >= 0.3 is 0 Å². The highest BCUT2D eigenvalue weighted by Crippen LogP contribution is 2.42. The van der Waals surface area contributed by atoms with E-state index in [2.05, 4.69) is 11.8 Å². The zero-order chi connectivity index (χ0) is 28.5. The zero-order valence-electron chi connectivity index (χ0n) is 23.7. The average molecular weight is 553 g/mol. The summed E-state index contributed by atoms with van der Waals surface area (Å²) in [6, 6.07) is 11.5. The molecule has 40 heavy (non-hydrogen) atoms. The van der Waals surface area contributed by atoms with Crippen LogP contribution in [0.2, 0.25) is 0 Å². The quantitative estimate of drug-likeness (QED) is 0.169. The third kappa shape index (κ3) is 6.77. The Labute approximate surface area is 236 Å². The number of likely N-dealkylation sites (tertiary alicyclic amines) is 1. The van der Waals surface area contributed by atoms with Crippen LogP contribution in [0.1, 0.15) is 50.3 Å². The lowest BCUT2D eigenvalue weighted by atomic mass is 9.95. The van der Waals surface area contributed by atoms with Gasteiger partial charge in [-0.1, -0.05) is 25.8 Å². The number of methoxy groups -OCH3 is 1. The summed E-state index contributed by atoms with van der Waals surface area (Å²) in [6.45, 7) is 8.82. The number of rotatable bonds is 13. The van der Waals surface area contributed by atoms with Crippen LogP contribution in [-0.2, 0) is 14.3 Å². The van der Waals surface area contributed by atoms with Crippen molar-refractivity contribution in [2.45, 2.75) is 39.2 Å². The highest BCUT2D eigenvalue weighted by atomic mass is 16.5. The minimum absolute atomic E-state index is 0.0507. The van der Waals surface area contributed by atoms with Crippen molar-refractivity contribution in [1.82, 2.24) is 9.80 Å². The average Bonchev–Trinajstić information content (AvgIpc) is 3.24. The van der Waals surface area contributed by atoms with Crippen LogP contribution >= 0.6 is 0 Å². The van der Waals surface area contributed by atoms with Gasteiger partial charge in [0.1, 0.15) is 11.5 Å². The van der Waals surface area contributed by atoms with Gasteiger partial charge in [0, 0.05) is 31.7 Å². The smallest absolute Gasteiger partial charge is 0.295 e. The van der Waals surface area contributed by atoms with E-state index in [1.54, 1.807) is 48.4 Å². The predicted molar refractivity (Wildman–Crippen MR) is 152 cm³/mol. The monoisotopic (exact) mass is 552 g/mol. The second kappa shape index (κ2) is 14.2. The number of ether oxygens (including phenoxy) is 4. The van der Waals surface area contributed by atoms with Gasteiger partial charge in [-0.3, -0.25) is 14.5 Å². The third-order valence-electron chi connectivity index (χ3n) is 7.25. The summed E-state index contributed by atoms with van der Waals surface area (Å²) in [4.78, 5) is 30.6. The summed E-state index contributed by atoms with van der Waals surface area (Å²) in [5.74, 6) is 0.190. The SMILES string of the molecule is CCCCCOc1ccc(C2C(=C(O)c3ccc(OCC)cc3)C(=O)C(=O)N2CCN2CCOCC2)cc1OC. The van der Waals surface area contributed by atoms with Crippen LogP contribution < -0.4 is 14.2 Å². The molecule has 0 bridgehead atoms. The van der Waals surface area contributed by atoms with Crippen molar-refractivity contribution in [3.8, 4) is 17.2 Å². The number of aliphatic hydroxyl groups excluding tert-OH is 1. The second-order valence-electron chi connectivity index (χ2n) is 9.87. The molecule has 2 heterocycles. The van der Waals surface area contributed by atoms with Crippen LogP contribution in [0.15, 0.2) is 48.0 Å². The lowest BCUT2D eigenvalue weighted by molar-refractivity contribution is -0.140. The van der Waals surface area contributed by atoms with Crippen molar-refractivity contribution in [1.29, 1.82) is 0 Å². The molecule has 0 spiro atoms. The highest BCUT2D eigenvalue weighted by Gasteiger charge is 2.46. The summed E-state index contributed by atoms with van der Waals surface area (Å²) in [5.41, 5.74) is 1.14. The lowest BCUT2D eigenvalue weighted by Crippen LogP contribution is -2.42. The van der Waals surface area contributed by atoms with Crippen LogP contribution in [0.5, 0.6) is 17.2 Å². The molecule has 2 aliphatic rings. The molecular formula is C31H40N2O7. The van der Waals surface area contributed by atoms with Gasteiger partial charge in [0.25, 0.3) is 11.7 Å². The third-order valence-corrected chi connectivity index (χ3v) is 7.25. The van der Waals surface area contributed by atoms with E-state index in [0.29, 0.717) is 67.9 Å². The molecule has 1 atom stereocenters. The lowest BCUT2D eigenvalue weighted by Gasteiger charge is -2.31. The normalized spacial score (nSPS) is 19.2. The second-order valence-corrected chi connectivity index (χ2v) is 9.87. The first-order chi connectivity index (χ1) is 19.5. The number of carbonyl (C=O) groups excluding carboxylic acids is 2. The molecule has 2 saturated heterocycles. The molecule has 0 aromatic heterocycles. The Hall–Kier alpha value is -3.56. The number of hydrogen-bond acceptors (Lipinski definition) is 8. The van der Waals surface area contributed by atoms with E-state index in [1.165, 1.54) is 0 Å². The van der Waals surface area contributed by atoms with E-state index in [4.69, 9.17) is 18.9 Å². The molecule has 0 aliphatic carbocycles. The van der Waals surface area contributed by atoms with Gasteiger partial charge in [-0.2, -0.15) is 0 Å². The Morgan fingerprint density at radius 3 is 2.40 bits per heavy atom. The van der Waals surface area contributed by atoms with E-state index < -0.39 is 17.7 Å². The first-order valence-corrected chi connectivity index (χ1v) is 14.1. The molecule has 1 N–H and O–H groups in total. The number of amides is 1. The van der Waals surface area contributed by atoms with Crippen LogP contribution in [0, 0.1) is 0 Å².